The predicted molar refractivity (Wildman–Crippen MR) is 48.0 cm³/mol. The van der Waals surface area contributed by atoms with Gasteiger partial charge in [0.05, 0.1) is 10.6 Å². The second-order valence-corrected chi connectivity index (χ2v) is 2.60. The van der Waals surface area contributed by atoms with E-state index in [9.17, 15) is 10.1 Å². The third-order valence-corrected chi connectivity index (χ3v) is 1.86. The predicted octanol–water partition coefficient (Wildman–Crippen LogP) is 1.17. The van der Waals surface area contributed by atoms with Crippen LogP contribution in [0, 0.1) is 10.1 Å². The summed E-state index contributed by atoms with van der Waals surface area (Å²) in [5.74, 6) is 0. The van der Waals surface area contributed by atoms with E-state index in [4.69, 9.17) is 0 Å². The van der Waals surface area contributed by atoms with E-state index in [1.54, 1.807) is 13.1 Å². The van der Waals surface area contributed by atoms with Gasteiger partial charge < -0.3 is 5.32 Å². The Morgan fingerprint density at radius 3 is 2.79 bits per heavy atom. The zero-order chi connectivity index (χ0) is 10.1. The molecule has 0 unspecified atom stereocenters. The van der Waals surface area contributed by atoms with Crippen molar-refractivity contribution in [2.45, 2.75) is 0 Å². The molecule has 0 atom stereocenters. The summed E-state index contributed by atoms with van der Waals surface area (Å²) in [6.07, 6.45) is 0. The molecule has 0 saturated carbocycles. The summed E-state index contributed by atoms with van der Waals surface area (Å²) in [5, 5.41) is 20.5. The van der Waals surface area contributed by atoms with Gasteiger partial charge in [-0.05, 0) is 16.4 Å². The van der Waals surface area contributed by atoms with Crippen LogP contribution in [0.1, 0.15) is 0 Å². The van der Waals surface area contributed by atoms with Gasteiger partial charge >= 0.3 is 5.69 Å². The van der Waals surface area contributed by atoms with Crippen LogP contribution in [0.2, 0.25) is 0 Å². The number of nitrogens with one attached hydrogen (secondary N) is 1. The molecular formula is C7H6N4O3. The number of non-ortho nitro benzene ring substituents is 1. The molecule has 0 saturated heterocycles. The molecule has 72 valence electrons. The van der Waals surface area contributed by atoms with Gasteiger partial charge in [0.2, 0.25) is 5.52 Å². The highest BCUT2D eigenvalue weighted by molar-refractivity contribution is 5.93. The molecule has 1 aromatic carbocycles. The summed E-state index contributed by atoms with van der Waals surface area (Å²) >= 11 is 0. The van der Waals surface area contributed by atoms with Crippen molar-refractivity contribution in [3.05, 3.63) is 22.2 Å². The summed E-state index contributed by atoms with van der Waals surface area (Å²) < 4.78 is 4.45. The first-order valence-corrected chi connectivity index (χ1v) is 3.81. The van der Waals surface area contributed by atoms with Crippen LogP contribution in [0.25, 0.3) is 11.0 Å². The Morgan fingerprint density at radius 2 is 2.14 bits per heavy atom. The van der Waals surface area contributed by atoms with Crippen molar-refractivity contribution in [1.82, 2.24) is 10.3 Å². The first kappa shape index (κ1) is 8.42. The highest BCUT2D eigenvalue weighted by Gasteiger charge is 2.18. The molecule has 1 aromatic heterocycles. The second-order valence-electron chi connectivity index (χ2n) is 2.60. The monoisotopic (exact) mass is 194 g/mol. The van der Waals surface area contributed by atoms with Crippen LogP contribution in [0.3, 0.4) is 0 Å². The lowest BCUT2D eigenvalue weighted by atomic mass is 10.2. The Kier molecular flexibility index (Phi) is 1.77. The fourth-order valence-electron chi connectivity index (χ4n) is 1.20. The Labute approximate surface area is 77.8 Å². The van der Waals surface area contributed by atoms with Gasteiger partial charge in [0, 0.05) is 13.1 Å². The van der Waals surface area contributed by atoms with Crippen LogP contribution in [0.15, 0.2) is 16.8 Å². The van der Waals surface area contributed by atoms with Gasteiger partial charge in [0.15, 0.2) is 5.52 Å². The highest BCUT2D eigenvalue weighted by Crippen LogP contribution is 2.27. The quantitative estimate of drug-likeness (QED) is 0.569. The van der Waals surface area contributed by atoms with Crippen molar-refractivity contribution < 1.29 is 9.55 Å². The first-order chi connectivity index (χ1) is 6.74. The number of anilines is 1. The number of nitro groups is 1. The highest BCUT2D eigenvalue weighted by atomic mass is 16.6. The molecule has 1 heterocycles. The molecule has 7 nitrogen and oxygen atoms in total. The third-order valence-electron chi connectivity index (χ3n) is 1.86. The Morgan fingerprint density at radius 1 is 1.43 bits per heavy atom. The molecular weight excluding hydrogens is 188 g/mol. The Hall–Kier alpha value is -2.18. The Bertz CT molecular complexity index is 493. The molecule has 0 aliphatic carbocycles. The maximum Gasteiger partial charge on any atom is 0.300 e. The van der Waals surface area contributed by atoms with Gasteiger partial charge in [-0.25, -0.2) is 4.63 Å². The van der Waals surface area contributed by atoms with Gasteiger partial charge in [0.25, 0.3) is 0 Å². The van der Waals surface area contributed by atoms with Crippen molar-refractivity contribution in [3.8, 4) is 0 Å². The van der Waals surface area contributed by atoms with E-state index in [1.807, 2.05) is 0 Å². The van der Waals surface area contributed by atoms with Crippen molar-refractivity contribution in [1.29, 1.82) is 0 Å². The van der Waals surface area contributed by atoms with Crippen molar-refractivity contribution in [3.63, 3.8) is 0 Å². The maximum atomic E-state index is 10.6. The molecule has 7 heteroatoms. The SMILES string of the molecule is CNc1ccc([N+](=O)[O-])c2nonc12. The molecule has 0 amide bonds. The van der Waals surface area contributed by atoms with E-state index in [0.717, 1.165) is 0 Å². The summed E-state index contributed by atoms with van der Waals surface area (Å²) in [6, 6.07) is 2.92. The zero-order valence-corrected chi connectivity index (χ0v) is 7.22. The van der Waals surface area contributed by atoms with Crippen molar-refractivity contribution >= 4 is 22.4 Å². The van der Waals surface area contributed by atoms with Crippen LogP contribution in [-0.2, 0) is 0 Å². The summed E-state index contributed by atoms with van der Waals surface area (Å²) in [6.45, 7) is 0. The number of nitro benzene ring substituents is 1. The molecule has 14 heavy (non-hydrogen) atoms. The molecule has 0 aliphatic rings. The van der Waals surface area contributed by atoms with Gasteiger partial charge in [0.1, 0.15) is 0 Å². The molecule has 1 N–H and O–H groups in total. The number of fused-ring (bicyclic) bond motifs is 1. The average molecular weight is 194 g/mol. The lowest BCUT2D eigenvalue weighted by Gasteiger charge is -1.98. The molecule has 0 aliphatic heterocycles. The summed E-state index contributed by atoms with van der Waals surface area (Å²) in [7, 11) is 1.69. The number of benzene rings is 1. The van der Waals surface area contributed by atoms with Crippen molar-refractivity contribution in [2.75, 3.05) is 12.4 Å². The zero-order valence-electron chi connectivity index (χ0n) is 7.22. The van der Waals surface area contributed by atoms with Crippen molar-refractivity contribution in [2.24, 2.45) is 0 Å². The van der Waals surface area contributed by atoms with E-state index >= 15 is 0 Å². The first-order valence-electron chi connectivity index (χ1n) is 3.81. The second kappa shape index (κ2) is 2.95. The molecule has 2 rings (SSSR count). The minimum absolute atomic E-state index is 0.111. The van der Waals surface area contributed by atoms with E-state index in [0.29, 0.717) is 11.2 Å². The smallest absolute Gasteiger partial charge is 0.300 e. The Balaban J connectivity index is 2.78. The third kappa shape index (κ3) is 1.06. The fraction of sp³-hybridized carbons (Fsp3) is 0.143. The van der Waals surface area contributed by atoms with E-state index in [1.165, 1.54) is 6.07 Å². The minimum atomic E-state index is -0.522. The maximum absolute atomic E-state index is 10.6. The van der Waals surface area contributed by atoms with Gasteiger partial charge in [-0.3, -0.25) is 10.1 Å². The number of nitrogens with zero attached hydrogens (tertiary/aromatic N) is 3. The van der Waals surface area contributed by atoms with Gasteiger partial charge in [-0.2, -0.15) is 0 Å². The van der Waals surface area contributed by atoms with Crippen LogP contribution in [-0.4, -0.2) is 22.3 Å². The van der Waals surface area contributed by atoms with Crippen LogP contribution in [0.4, 0.5) is 11.4 Å². The molecule has 2 aromatic rings. The fourth-order valence-corrected chi connectivity index (χ4v) is 1.20. The topological polar surface area (TPSA) is 94.1 Å². The number of rotatable bonds is 2. The van der Waals surface area contributed by atoms with Crippen LogP contribution < -0.4 is 5.32 Å². The van der Waals surface area contributed by atoms with Gasteiger partial charge in [-0.15, -0.1) is 0 Å². The molecule has 0 radical (unpaired) electrons. The molecule has 0 bridgehead atoms. The van der Waals surface area contributed by atoms with E-state index < -0.39 is 4.92 Å². The summed E-state index contributed by atoms with van der Waals surface area (Å²) in [5.41, 5.74) is 1.05. The standard InChI is InChI=1S/C7H6N4O3/c1-8-4-2-3-5(11(12)13)7-6(4)9-14-10-7/h2-3,8H,1H3. The minimum Gasteiger partial charge on any atom is -0.386 e. The summed E-state index contributed by atoms with van der Waals surface area (Å²) in [4.78, 5) is 10.1. The molecule has 0 spiro atoms. The molecule has 0 fully saturated rings. The lowest BCUT2D eigenvalue weighted by molar-refractivity contribution is -0.383. The number of hydrogen-bond acceptors (Lipinski definition) is 6. The average Bonchev–Trinajstić information content (AvgIpc) is 2.64. The number of hydrogen-bond donors (Lipinski definition) is 1. The van der Waals surface area contributed by atoms with Crippen LogP contribution in [0.5, 0.6) is 0 Å². The van der Waals surface area contributed by atoms with E-state index in [-0.39, 0.29) is 11.2 Å². The van der Waals surface area contributed by atoms with Crippen LogP contribution >= 0.6 is 0 Å². The largest absolute Gasteiger partial charge is 0.386 e. The van der Waals surface area contributed by atoms with E-state index in [2.05, 4.69) is 20.3 Å². The number of aromatic nitrogens is 2. The normalized spacial score (nSPS) is 10.4. The van der Waals surface area contributed by atoms with Gasteiger partial charge in [-0.1, -0.05) is 0 Å². The lowest BCUT2D eigenvalue weighted by Crippen LogP contribution is -1.93.